The maximum atomic E-state index is 13.1. The van der Waals surface area contributed by atoms with Crippen LogP contribution in [0.1, 0.15) is 12.8 Å². The Balaban J connectivity index is 1.45. The number of benzene rings is 2. The summed E-state index contributed by atoms with van der Waals surface area (Å²) in [6, 6.07) is 13.9. The van der Waals surface area contributed by atoms with Gasteiger partial charge in [-0.2, -0.15) is 0 Å². The van der Waals surface area contributed by atoms with Gasteiger partial charge < -0.3 is 0 Å². The van der Waals surface area contributed by atoms with Gasteiger partial charge in [-0.25, -0.2) is 4.90 Å². The molecule has 6 rings (SSSR count). The number of allylic oxidation sites excluding steroid dienone is 2. The largest absolute Gasteiger partial charge is 0.274 e. The predicted octanol–water partition coefficient (Wildman–Crippen LogP) is 3.54. The van der Waals surface area contributed by atoms with Gasteiger partial charge in [0, 0.05) is 0 Å². The lowest BCUT2D eigenvalue weighted by molar-refractivity contribution is -0.123. The number of imide groups is 1. The third-order valence-electron chi connectivity index (χ3n) is 6.84. The van der Waals surface area contributed by atoms with Crippen LogP contribution in [-0.4, -0.2) is 11.8 Å². The van der Waals surface area contributed by atoms with Crippen molar-refractivity contribution >= 4 is 28.3 Å². The molecule has 1 heterocycles. The lowest BCUT2D eigenvalue weighted by Gasteiger charge is -2.22. The molecule has 24 heavy (non-hydrogen) atoms. The molecule has 2 aromatic rings. The molecule has 4 atom stereocenters. The van der Waals surface area contributed by atoms with Crippen molar-refractivity contribution in [3.63, 3.8) is 0 Å². The number of rotatable bonds is 1. The smallest absolute Gasteiger partial charge is 0.238 e. The molecular formula is C21H17NO2. The number of carbonyl (C=O) groups is 2. The van der Waals surface area contributed by atoms with E-state index in [0.29, 0.717) is 0 Å². The number of fused-ring (bicyclic) bond motifs is 4. The fourth-order valence-corrected chi connectivity index (χ4v) is 5.65. The average molecular weight is 315 g/mol. The minimum absolute atomic E-state index is 0.0170. The first-order valence-electron chi connectivity index (χ1n) is 8.76. The van der Waals surface area contributed by atoms with Crippen molar-refractivity contribution < 1.29 is 9.59 Å². The zero-order valence-electron chi connectivity index (χ0n) is 13.2. The van der Waals surface area contributed by atoms with E-state index in [1.54, 1.807) is 0 Å². The topological polar surface area (TPSA) is 37.4 Å². The summed E-state index contributed by atoms with van der Waals surface area (Å²) in [6.07, 6.45) is 6.79. The minimum Gasteiger partial charge on any atom is -0.274 e. The highest BCUT2D eigenvalue weighted by Crippen LogP contribution is 2.73. The summed E-state index contributed by atoms with van der Waals surface area (Å²) in [5.41, 5.74) is 0.984. The van der Waals surface area contributed by atoms with Crippen molar-refractivity contribution in [1.29, 1.82) is 0 Å². The van der Waals surface area contributed by atoms with Crippen LogP contribution in [0.5, 0.6) is 0 Å². The van der Waals surface area contributed by atoms with Crippen molar-refractivity contribution in [2.75, 3.05) is 4.90 Å². The molecule has 0 aromatic heterocycles. The molecule has 1 saturated heterocycles. The van der Waals surface area contributed by atoms with E-state index in [-0.39, 0.29) is 40.9 Å². The van der Waals surface area contributed by atoms with Crippen molar-refractivity contribution in [1.82, 2.24) is 0 Å². The molecule has 4 aliphatic rings. The molecule has 3 aliphatic carbocycles. The van der Waals surface area contributed by atoms with Crippen LogP contribution in [0, 0.1) is 29.1 Å². The van der Waals surface area contributed by atoms with Crippen LogP contribution in [0.4, 0.5) is 5.69 Å². The van der Waals surface area contributed by atoms with Crippen LogP contribution < -0.4 is 4.90 Å². The van der Waals surface area contributed by atoms with E-state index in [2.05, 4.69) is 12.2 Å². The number of hydrogen-bond acceptors (Lipinski definition) is 2. The van der Waals surface area contributed by atoms with Gasteiger partial charge in [-0.1, -0.05) is 42.5 Å². The maximum absolute atomic E-state index is 13.1. The molecule has 3 nitrogen and oxygen atoms in total. The summed E-state index contributed by atoms with van der Waals surface area (Å²) in [7, 11) is 0. The Morgan fingerprint density at radius 1 is 0.833 bits per heavy atom. The molecule has 1 aliphatic heterocycles. The molecule has 118 valence electrons. The Morgan fingerprint density at radius 2 is 1.46 bits per heavy atom. The number of nitrogens with zero attached hydrogens (tertiary/aromatic N) is 1. The van der Waals surface area contributed by atoms with Crippen molar-refractivity contribution in [2.45, 2.75) is 12.8 Å². The number of carbonyl (C=O) groups excluding carboxylic acids is 2. The first-order chi connectivity index (χ1) is 11.7. The van der Waals surface area contributed by atoms with Gasteiger partial charge in [-0.3, -0.25) is 9.59 Å². The Labute approximate surface area is 139 Å². The molecule has 2 saturated carbocycles. The summed E-state index contributed by atoms with van der Waals surface area (Å²) in [4.78, 5) is 27.7. The highest BCUT2D eigenvalue weighted by atomic mass is 16.2. The number of amides is 2. The van der Waals surface area contributed by atoms with Crippen LogP contribution in [0.15, 0.2) is 54.6 Å². The van der Waals surface area contributed by atoms with E-state index in [1.807, 2.05) is 42.5 Å². The normalized spacial score (nSPS) is 34.6. The van der Waals surface area contributed by atoms with Crippen molar-refractivity contribution in [3.05, 3.63) is 54.6 Å². The van der Waals surface area contributed by atoms with E-state index in [4.69, 9.17) is 0 Å². The minimum atomic E-state index is -0.124. The van der Waals surface area contributed by atoms with Gasteiger partial charge in [-0.15, -0.1) is 0 Å². The van der Waals surface area contributed by atoms with E-state index in [0.717, 1.165) is 16.5 Å². The Kier molecular flexibility index (Phi) is 2.14. The van der Waals surface area contributed by atoms with Crippen LogP contribution in [0.2, 0.25) is 0 Å². The van der Waals surface area contributed by atoms with Crippen molar-refractivity contribution in [2.24, 2.45) is 29.1 Å². The molecule has 3 heteroatoms. The quantitative estimate of drug-likeness (QED) is 0.596. The molecule has 3 fully saturated rings. The van der Waals surface area contributed by atoms with E-state index in [1.165, 1.54) is 17.7 Å². The fourth-order valence-electron chi connectivity index (χ4n) is 5.65. The molecule has 2 bridgehead atoms. The molecule has 0 N–H and O–H groups in total. The molecule has 2 amide bonds. The highest BCUT2D eigenvalue weighted by molar-refractivity contribution is 6.23. The first kappa shape index (κ1) is 12.9. The fraction of sp³-hybridized carbons (Fsp3) is 0.333. The first-order valence-corrected chi connectivity index (χ1v) is 8.76. The Bertz CT molecular complexity index is 921. The Hall–Kier alpha value is -2.42. The average Bonchev–Trinajstić information content (AvgIpc) is 3.20. The molecule has 2 aromatic carbocycles. The van der Waals surface area contributed by atoms with E-state index >= 15 is 0 Å². The second-order valence-electron chi connectivity index (χ2n) is 7.76. The lowest BCUT2D eigenvalue weighted by Crippen LogP contribution is -2.34. The van der Waals surface area contributed by atoms with Gasteiger partial charge in [0.2, 0.25) is 11.8 Å². The third-order valence-corrected chi connectivity index (χ3v) is 6.84. The zero-order valence-corrected chi connectivity index (χ0v) is 13.2. The number of hydrogen-bond donors (Lipinski definition) is 0. The van der Waals surface area contributed by atoms with Crippen LogP contribution >= 0.6 is 0 Å². The predicted molar refractivity (Wildman–Crippen MR) is 91.2 cm³/mol. The van der Waals surface area contributed by atoms with Gasteiger partial charge >= 0.3 is 0 Å². The van der Waals surface area contributed by atoms with E-state index in [9.17, 15) is 9.59 Å². The van der Waals surface area contributed by atoms with Gasteiger partial charge in [0.25, 0.3) is 0 Å². The van der Waals surface area contributed by atoms with Crippen LogP contribution in [-0.2, 0) is 9.59 Å². The van der Waals surface area contributed by atoms with Crippen molar-refractivity contribution in [3.8, 4) is 0 Å². The lowest BCUT2D eigenvalue weighted by atomic mass is 9.85. The summed E-state index contributed by atoms with van der Waals surface area (Å²) in [5, 5.41) is 2.19. The monoisotopic (exact) mass is 315 g/mol. The molecule has 0 radical (unpaired) electrons. The third kappa shape index (κ3) is 1.32. The van der Waals surface area contributed by atoms with Crippen LogP contribution in [0.3, 0.4) is 0 Å². The van der Waals surface area contributed by atoms with Gasteiger partial charge in [0.1, 0.15) is 0 Å². The molecule has 0 unspecified atom stereocenters. The van der Waals surface area contributed by atoms with Gasteiger partial charge in [0.15, 0.2) is 0 Å². The van der Waals surface area contributed by atoms with Gasteiger partial charge in [-0.05, 0) is 53.0 Å². The van der Waals surface area contributed by atoms with Gasteiger partial charge in [0.05, 0.1) is 17.5 Å². The maximum Gasteiger partial charge on any atom is 0.238 e. The van der Waals surface area contributed by atoms with E-state index < -0.39 is 0 Å². The molecular weight excluding hydrogens is 298 g/mol. The Morgan fingerprint density at radius 3 is 2.08 bits per heavy atom. The van der Waals surface area contributed by atoms with Crippen LogP contribution in [0.25, 0.3) is 10.8 Å². The summed E-state index contributed by atoms with van der Waals surface area (Å²) in [6.45, 7) is 0. The second kappa shape index (κ2) is 3.97. The summed E-state index contributed by atoms with van der Waals surface area (Å²) >= 11 is 0. The molecule has 1 spiro atoms. The summed E-state index contributed by atoms with van der Waals surface area (Å²) in [5.74, 6) is 0.360. The number of anilines is 1. The second-order valence-corrected chi connectivity index (χ2v) is 7.76. The SMILES string of the molecule is O=C1[C@@H]2[C@H](C(=O)N1c1ccc3ccccc3c1)[C@H]1C=C[C@H]2C12CC2. The highest BCUT2D eigenvalue weighted by Gasteiger charge is 2.73. The summed E-state index contributed by atoms with van der Waals surface area (Å²) < 4.78 is 0. The zero-order chi connectivity index (χ0) is 16.1. The standard InChI is InChI=1S/C21H17NO2/c23-19-17-15-7-8-16(21(15)9-10-21)18(17)20(24)22(19)14-6-5-12-3-1-2-4-13(12)11-14/h1-8,11,15-18H,9-10H2/t15-,16-,17-,18+/m1/s1.